The normalized spacial score (nSPS) is 32.1. The molecule has 9 nitrogen and oxygen atoms in total. The zero-order valence-electron chi connectivity index (χ0n) is 24.2. The number of aliphatic hydroxyl groups is 1. The van der Waals surface area contributed by atoms with Crippen LogP contribution in [0.15, 0.2) is 25.3 Å². The molecule has 2 bridgehead atoms. The number of hydrogen-bond acceptors (Lipinski definition) is 8. The van der Waals surface area contributed by atoms with Crippen LogP contribution < -0.4 is 0 Å². The summed E-state index contributed by atoms with van der Waals surface area (Å²) in [6.07, 6.45) is 8.01. The second-order valence-electron chi connectivity index (χ2n) is 11.7. The number of likely N-dealkylation sites (tertiary alicyclic amines) is 1. The molecule has 6 atom stereocenters. The molecule has 0 saturated carbocycles. The summed E-state index contributed by atoms with van der Waals surface area (Å²) in [7, 11) is 0. The number of rotatable bonds is 15. The second-order valence-corrected chi connectivity index (χ2v) is 13.6. The molecular formula is C30H47N3O6S. The number of nitrogens with zero attached hydrogens (tertiary/aromatic N) is 3. The van der Waals surface area contributed by atoms with E-state index in [1.807, 2.05) is 13.0 Å². The van der Waals surface area contributed by atoms with Crippen molar-refractivity contribution >= 4 is 29.5 Å². The van der Waals surface area contributed by atoms with Crippen molar-refractivity contribution < 1.29 is 29.0 Å². The van der Waals surface area contributed by atoms with Crippen molar-refractivity contribution in [1.29, 1.82) is 0 Å². The molecule has 2 unspecified atom stereocenters. The predicted octanol–water partition coefficient (Wildman–Crippen LogP) is 2.48. The van der Waals surface area contributed by atoms with Gasteiger partial charge in [0, 0.05) is 37.5 Å². The van der Waals surface area contributed by atoms with Crippen LogP contribution in [-0.2, 0) is 23.9 Å². The number of fused-ring (bicyclic) bond motifs is 1. The highest BCUT2D eigenvalue weighted by molar-refractivity contribution is 8.02. The van der Waals surface area contributed by atoms with Gasteiger partial charge in [-0.2, -0.15) is 0 Å². The Hall–Kier alpha value is -1.88. The van der Waals surface area contributed by atoms with Gasteiger partial charge in [-0.05, 0) is 45.4 Å². The lowest BCUT2D eigenvalue weighted by Gasteiger charge is -2.40. The Morgan fingerprint density at radius 3 is 2.65 bits per heavy atom. The number of amides is 2. The molecule has 4 fully saturated rings. The summed E-state index contributed by atoms with van der Waals surface area (Å²) in [5, 5.41) is 10.3. The highest BCUT2D eigenvalue weighted by Crippen LogP contribution is 2.71. The van der Waals surface area contributed by atoms with Crippen molar-refractivity contribution in [2.24, 2.45) is 11.8 Å². The highest BCUT2D eigenvalue weighted by atomic mass is 32.2. The van der Waals surface area contributed by atoms with Crippen LogP contribution in [0.1, 0.15) is 52.4 Å². The summed E-state index contributed by atoms with van der Waals surface area (Å²) in [6, 6.07) is -1.24. The van der Waals surface area contributed by atoms with Crippen molar-refractivity contribution in [2.75, 3.05) is 59.2 Å². The predicted molar refractivity (Wildman–Crippen MR) is 156 cm³/mol. The van der Waals surface area contributed by atoms with Crippen molar-refractivity contribution in [3.8, 4) is 0 Å². The molecule has 2 amide bonds. The Labute approximate surface area is 243 Å². The number of carbonyl (C=O) groups excluding carboxylic acids is 3. The fourth-order valence-electron chi connectivity index (χ4n) is 7.17. The van der Waals surface area contributed by atoms with Crippen LogP contribution in [0.2, 0.25) is 0 Å². The molecule has 224 valence electrons. The molecule has 4 aliphatic rings. The van der Waals surface area contributed by atoms with E-state index >= 15 is 0 Å². The van der Waals surface area contributed by atoms with E-state index in [0.29, 0.717) is 52.3 Å². The van der Waals surface area contributed by atoms with Gasteiger partial charge >= 0.3 is 5.97 Å². The van der Waals surface area contributed by atoms with Crippen LogP contribution in [0.4, 0.5) is 0 Å². The minimum Gasteiger partial charge on any atom is -0.465 e. The van der Waals surface area contributed by atoms with E-state index in [1.54, 1.807) is 27.6 Å². The first-order valence-corrected chi connectivity index (χ1v) is 15.7. The Kier molecular flexibility index (Phi) is 10.4. The third-order valence-electron chi connectivity index (χ3n) is 9.28. The van der Waals surface area contributed by atoms with Gasteiger partial charge in [0.1, 0.15) is 6.04 Å². The van der Waals surface area contributed by atoms with E-state index in [9.17, 15) is 19.5 Å². The molecule has 40 heavy (non-hydrogen) atoms. The summed E-state index contributed by atoms with van der Waals surface area (Å²) in [4.78, 5) is 48.1. The van der Waals surface area contributed by atoms with E-state index < -0.39 is 33.4 Å². The zero-order chi connectivity index (χ0) is 28.9. The summed E-state index contributed by atoms with van der Waals surface area (Å²) in [5.74, 6) is -1.91. The van der Waals surface area contributed by atoms with Crippen molar-refractivity contribution in [1.82, 2.24) is 14.7 Å². The van der Waals surface area contributed by atoms with E-state index in [1.165, 1.54) is 0 Å². The molecular weight excluding hydrogens is 530 g/mol. The first-order valence-electron chi connectivity index (χ1n) is 14.9. The lowest BCUT2D eigenvalue weighted by molar-refractivity contribution is -0.156. The highest BCUT2D eigenvalue weighted by Gasteiger charge is 2.78. The van der Waals surface area contributed by atoms with Gasteiger partial charge in [-0.1, -0.05) is 19.1 Å². The van der Waals surface area contributed by atoms with Gasteiger partial charge in [-0.15, -0.1) is 24.9 Å². The number of unbranched alkanes of at least 4 members (excludes halogenated alkanes) is 2. The van der Waals surface area contributed by atoms with Crippen LogP contribution in [-0.4, -0.2) is 118 Å². The third kappa shape index (κ3) is 5.74. The van der Waals surface area contributed by atoms with Crippen molar-refractivity contribution in [2.45, 2.75) is 74.0 Å². The third-order valence-corrected chi connectivity index (χ3v) is 11.3. The SMILES string of the molecule is C=CCCCCOC(=O)[C@H]1[C@H]2C(=O)N([C@@H](CC)CO)C(C(=O)N(CC=C)CCN3CCOCC3)C23CC[C@]1(C)S3. The summed E-state index contributed by atoms with van der Waals surface area (Å²) in [5.41, 5.74) is 0. The Morgan fingerprint density at radius 2 is 2.00 bits per heavy atom. The number of morpholine rings is 1. The molecule has 0 aromatic heterocycles. The summed E-state index contributed by atoms with van der Waals surface area (Å²) < 4.78 is 10.0. The van der Waals surface area contributed by atoms with Gasteiger partial charge in [0.15, 0.2) is 0 Å². The first kappa shape index (κ1) is 31.1. The average molecular weight is 578 g/mol. The maximum absolute atomic E-state index is 14.5. The molecule has 4 rings (SSSR count). The lowest BCUT2D eigenvalue weighted by atomic mass is 9.66. The topological polar surface area (TPSA) is 99.6 Å². The van der Waals surface area contributed by atoms with Gasteiger partial charge in [-0.3, -0.25) is 19.3 Å². The summed E-state index contributed by atoms with van der Waals surface area (Å²) in [6.45, 7) is 16.3. The van der Waals surface area contributed by atoms with Crippen LogP contribution in [0.3, 0.4) is 0 Å². The summed E-state index contributed by atoms with van der Waals surface area (Å²) >= 11 is 1.64. The van der Waals surface area contributed by atoms with Crippen LogP contribution in [0.25, 0.3) is 0 Å². The fourth-order valence-corrected chi connectivity index (χ4v) is 9.49. The van der Waals surface area contributed by atoms with Gasteiger partial charge in [0.2, 0.25) is 11.8 Å². The Morgan fingerprint density at radius 1 is 1.25 bits per heavy atom. The molecule has 0 aliphatic carbocycles. The second kappa shape index (κ2) is 13.4. The minimum absolute atomic E-state index is 0.119. The number of aliphatic hydroxyl groups excluding tert-OH is 1. The number of thioether (sulfide) groups is 1. The maximum atomic E-state index is 14.5. The average Bonchev–Trinajstić information content (AvgIpc) is 3.52. The van der Waals surface area contributed by atoms with Crippen LogP contribution >= 0.6 is 11.8 Å². The first-order chi connectivity index (χ1) is 19.3. The molecule has 4 heterocycles. The molecule has 1 N–H and O–H groups in total. The lowest BCUT2D eigenvalue weighted by Crippen LogP contribution is -2.58. The Bertz CT molecular complexity index is 954. The van der Waals surface area contributed by atoms with E-state index in [0.717, 1.165) is 38.8 Å². The number of allylic oxidation sites excluding steroid dienone is 1. The number of hydrogen-bond donors (Lipinski definition) is 1. The Balaban J connectivity index is 1.62. The molecule has 0 aromatic rings. The number of esters is 1. The zero-order valence-corrected chi connectivity index (χ0v) is 25.0. The van der Waals surface area contributed by atoms with E-state index in [4.69, 9.17) is 9.47 Å². The molecule has 10 heteroatoms. The monoisotopic (exact) mass is 577 g/mol. The van der Waals surface area contributed by atoms with Gasteiger partial charge < -0.3 is 24.4 Å². The largest absolute Gasteiger partial charge is 0.465 e. The van der Waals surface area contributed by atoms with Crippen LogP contribution in [0, 0.1) is 11.8 Å². The number of carbonyl (C=O) groups is 3. The molecule has 1 spiro atoms. The van der Waals surface area contributed by atoms with Gasteiger partial charge in [0.25, 0.3) is 0 Å². The van der Waals surface area contributed by atoms with Crippen molar-refractivity contribution in [3.05, 3.63) is 25.3 Å². The minimum atomic E-state index is -0.746. The fraction of sp³-hybridized carbons (Fsp3) is 0.767. The van der Waals surface area contributed by atoms with E-state index in [-0.39, 0.29) is 24.4 Å². The smallest absolute Gasteiger partial charge is 0.311 e. The molecule has 4 aliphatic heterocycles. The molecule has 4 saturated heterocycles. The van der Waals surface area contributed by atoms with Gasteiger partial charge in [0.05, 0.1) is 49.1 Å². The van der Waals surface area contributed by atoms with Crippen LogP contribution in [0.5, 0.6) is 0 Å². The van der Waals surface area contributed by atoms with E-state index in [2.05, 4.69) is 25.0 Å². The van der Waals surface area contributed by atoms with Crippen molar-refractivity contribution in [3.63, 3.8) is 0 Å². The maximum Gasteiger partial charge on any atom is 0.311 e. The standard InChI is InChI=1S/C30H47N3O6S/c1-5-8-9-10-18-39-28(37)24-23-26(35)33(22(7-3)21-34)25(30(23)12-11-29(24,4)40-30)27(36)32(13-6-2)15-14-31-16-19-38-20-17-31/h5-6,22-25,34H,1-2,7-21H2,3-4H3/t22-,23-,24+,25?,29-,30?/m0/s1. The quantitative estimate of drug-likeness (QED) is 0.180. The van der Waals surface area contributed by atoms with Gasteiger partial charge in [-0.25, -0.2) is 0 Å². The number of ether oxygens (including phenoxy) is 2. The molecule has 0 aromatic carbocycles. The molecule has 0 radical (unpaired) electrons.